The van der Waals surface area contributed by atoms with Gasteiger partial charge in [0.25, 0.3) is 0 Å². The number of unbranched alkanes of at least 4 members (excludes halogenated alkanes) is 3. The highest BCUT2D eigenvalue weighted by Crippen LogP contribution is 2.20. The molecule has 1 aromatic carbocycles. The molecule has 0 atom stereocenters. The van der Waals surface area contributed by atoms with E-state index >= 15 is 0 Å². The Kier molecular flexibility index (Phi) is 5.73. The highest BCUT2D eigenvalue weighted by Gasteiger charge is 1.99. The smallest absolute Gasteiger partial charge is 0.0431 e. The standard InChI is InChI=1S/C12H18BrNO/c13-11-7-6-10(12(14)9-11)5-3-1-2-4-8-15/h6-7,9,15H,1-5,8,14H2. The molecular formula is C12H18BrNO. The summed E-state index contributed by atoms with van der Waals surface area (Å²) in [6.07, 6.45) is 5.36. The van der Waals surface area contributed by atoms with Crippen LogP contribution in [0.2, 0.25) is 0 Å². The predicted octanol–water partition coefficient (Wildman–Crippen LogP) is 3.13. The third kappa shape index (κ3) is 4.67. The quantitative estimate of drug-likeness (QED) is 0.617. The highest BCUT2D eigenvalue weighted by atomic mass is 79.9. The topological polar surface area (TPSA) is 46.2 Å². The monoisotopic (exact) mass is 271 g/mol. The zero-order valence-corrected chi connectivity index (χ0v) is 10.5. The maximum Gasteiger partial charge on any atom is 0.0431 e. The van der Waals surface area contributed by atoms with Crippen molar-refractivity contribution in [1.29, 1.82) is 0 Å². The molecule has 3 heteroatoms. The Morgan fingerprint density at radius 3 is 2.53 bits per heavy atom. The lowest BCUT2D eigenvalue weighted by atomic mass is 10.0. The normalized spacial score (nSPS) is 10.5. The first kappa shape index (κ1) is 12.5. The Morgan fingerprint density at radius 1 is 1.13 bits per heavy atom. The van der Waals surface area contributed by atoms with E-state index in [2.05, 4.69) is 22.0 Å². The van der Waals surface area contributed by atoms with Crippen molar-refractivity contribution in [1.82, 2.24) is 0 Å². The summed E-state index contributed by atoms with van der Waals surface area (Å²) in [4.78, 5) is 0. The maximum absolute atomic E-state index is 8.63. The summed E-state index contributed by atoms with van der Waals surface area (Å²) < 4.78 is 1.03. The van der Waals surface area contributed by atoms with Crippen molar-refractivity contribution in [3.8, 4) is 0 Å². The van der Waals surface area contributed by atoms with Crippen LogP contribution in [-0.4, -0.2) is 11.7 Å². The number of hydrogen-bond acceptors (Lipinski definition) is 2. The van der Waals surface area contributed by atoms with Crippen molar-refractivity contribution >= 4 is 21.6 Å². The van der Waals surface area contributed by atoms with Crippen molar-refractivity contribution in [3.05, 3.63) is 28.2 Å². The fourth-order valence-electron chi connectivity index (χ4n) is 1.57. The molecule has 0 aliphatic heterocycles. The van der Waals surface area contributed by atoms with Crippen LogP contribution in [-0.2, 0) is 6.42 Å². The number of aliphatic hydroxyl groups is 1. The fourth-order valence-corrected chi connectivity index (χ4v) is 1.95. The van der Waals surface area contributed by atoms with Gasteiger partial charge in [-0.15, -0.1) is 0 Å². The molecule has 1 rings (SSSR count). The summed E-state index contributed by atoms with van der Waals surface area (Å²) in [5.41, 5.74) is 7.98. The average molecular weight is 272 g/mol. The highest BCUT2D eigenvalue weighted by molar-refractivity contribution is 9.10. The molecule has 0 aliphatic carbocycles. The van der Waals surface area contributed by atoms with Crippen LogP contribution in [0.1, 0.15) is 31.2 Å². The number of nitrogen functional groups attached to an aromatic ring is 1. The zero-order chi connectivity index (χ0) is 11.1. The Labute approximate surface area is 99.6 Å². The van der Waals surface area contributed by atoms with E-state index in [1.165, 1.54) is 5.56 Å². The average Bonchev–Trinajstić information content (AvgIpc) is 2.20. The second kappa shape index (κ2) is 6.85. The summed E-state index contributed by atoms with van der Waals surface area (Å²) in [6.45, 7) is 0.306. The number of nitrogens with two attached hydrogens (primary N) is 1. The fraction of sp³-hybridized carbons (Fsp3) is 0.500. The van der Waals surface area contributed by atoms with Crippen molar-refractivity contribution in [3.63, 3.8) is 0 Å². The number of hydrogen-bond donors (Lipinski definition) is 2. The molecule has 0 bridgehead atoms. The van der Waals surface area contributed by atoms with Gasteiger partial charge >= 0.3 is 0 Å². The van der Waals surface area contributed by atoms with Gasteiger partial charge in [0.2, 0.25) is 0 Å². The number of rotatable bonds is 6. The molecule has 0 spiro atoms. The van der Waals surface area contributed by atoms with Crippen LogP contribution in [0.4, 0.5) is 5.69 Å². The molecule has 0 aromatic heterocycles. The molecule has 15 heavy (non-hydrogen) atoms. The molecule has 84 valence electrons. The summed E-state index contributed by atoms with van der Waals surface area (Å²) >= 11 is 3.39. The van der Waals surface area contributed by atoms with Gasteiger partial charge in [0.15, 0.2) is 0 Å². The molecule has 3 N–H and O–H groups in total. The van der Waals surface area contributed by atoms with Gasteiger partial charge in [-0.1, -0.05) is 34.8 Å². The van der Waals surface area contributed by atoms with Crippen LogP contribution < -0.4 is 5.73 Å². The van der Waals surface area contributed by atoms with E-state index in [9.17, 15) is 0 Å². The first-order valence-corrected chi connectivity index (χ1v) is 6.18. The van der Waals surface area contributed by atoms with Gasteiger partial charge in [-0.3, -0.25) is 0 Å². The van der Waals surface area contributed by atoms with Crippen molar-refractivity contribution in [2.45, 2.75) is 32.1 Å². The van der Waals surface area contributed by atoms with E-state index in [1.54, 1.807) is 0 Å². The van der Waals surface area contributed by atoms with Gasteiger partial charge < -0.3 is 10.8 Å². The molecule has 2 nitrogen and oxygen atoms in total. The molecule has 0 heterocycles. The maximum atomic E-state index is 8.63. The van der Waals surface area contributed by atoms with Gasteiger partial charge in [0, 0.05) is 16.8 Å². The number of aryl methyl sites for hydroxylation is 1. The number of benzene rings is 1. The van der Waals surface area contributed by atoms with Crippen LogP contribution in [0, 0.1) is 0 Å². The van der Waals surface area contributed by atoms with E-state index in [1.807, 2.05) is 12.1 Å². The summed E-state index contributed by atoms with van der Waals surface area (Å²) in [6, 6.07) is 6.05. The summed E-state index contributed by atoms with van der Waals surface area (Å²) in [7, 11) is 0. The molecule has 1 aromatic rings. The van der Waals surface area contributed by atoms with Crippen molar-refractivity contribution < 1.29 is 5.11 Å². The van der Waals surface area contributed by atoms with E-state index in [4.69, 9.17) is 10.8 Å². The van der Waals surface area contributed by atoms with Crippen molar-refractivity contribution in [2.24, 2.45) is 0 Å². The van der Waals surface area contributed by atoms with Gasteiger partial charge in [-0.2, -0.15) is 0 Å². The molecular weight excluding hydrogens is 254 g/mol. The lowest BCUT2D eigenvalue weighted by Crippen LogP contribution is -1.94. The van der Waals surface area contributed by atoms with Crippen molar-refractivity contribution in [2.75, 3.05) is 12.3 Å². The molecule has 0 unspecified atom stereocenters. The second-order valence-electron chi connectivity index (χ2n) is 3.73. The number of anilines is 1. The van der Waals surface area contributed by atoms with Crippen LogP contribution in [0.5, 0.6) is 0 Å². The molecule has 0 amide bonds. The van der Waals surface area contributed by atoms with Crippen LogP contribution in [0.25, 0.3) is 0 Å². The second-order valence-corrected chi connectivity index (χ2v) is 4.65. The van der Waals surface area contributed by atoms with E-state index in [0.717, 1.165) is 42.3 Å². The van der Waals surface area contributed by atoms with Crippen LogP contribution in [0.15, 0.2) is 22.7 Å². The first-order chi connectivity index (χ1) is 7.24. The Balaban J connectivity index is 2.31. The Morgan fingerprint density at radius 2 is 1.87 bits per heavy atom. The largest absolute Gasteiger partial charge is 0.398 e. The molecule has 0 aliphatic rings. The van der Waals surface area contributed by atoms with Gasteiger partial charge in [-0.25, -0.2) is 0 Å². The SMILES string of the molecule is Nc1cc(Br)ccc1CCCCCCO. The lowest BCUT2D eigenvalue weighted by Gasteiger charge is -2.05. The van der Waals surface area contributed by atoms with Gasteiger partial charge in [0.05, 0.1) is 0 Å². The predicted molar refractivity (Wildman–Crippen MR) is 67.8 cm³/mol. The van der Waals surface area contributed by atoms with E-state index in [-0.39, 0.29) is 0 Å². The minimum atomic E-state index is 0.306. The van der Waals surface area contributed by atoms with E-state index < -0.39 is 0 Å². The van der Waals surface area contributed by atoms with Crippen LogP contribution in [0.3, 0.4) is 0 Å². The minimum absolute atomic E-state index is 0.306. The lowest BCUT2D eigenvalue weighted by molar-refractivity contribution is 0.282. The Bertz CT molecular complexity index is 302. The third-order valence-electron chi connectivity index (χ3n) is 2.46. The molecule has 0 radical (unpaired) electrons. The van der Waals surface area contributed by atoms with E-state index in [0.29, 0.717) is 6.61 Å². The number of aliphatic hydroxyl groups excluding tert-OH is 1. The third-order valence-corrected chi connectivity index (χ3v) is 2.96. The molecule has 0 saturated carbocycles. The summed E-state index contributed by atoms with van der Waals surface area (Å²) in [5, 5.41) is 8.63. The zero-order valence-electron chi connectivity index (χ0n) is 8.88. The first-order valence-electron chi connectivity index (χ1n) is 5.39. The molecule has 0 saturated heterocycles. The molecule has 0 fully saturated rings. The summed E-state index contributed by atoms with van der Waals surface area (Å²) in [5.74, 6) is 0. The van der Waals surface area contributed by atoms with Gasteiger partial charge in [0.1, 0.15) is 0 Å². The number of halogens is 1. The van der Waals surface area contributed by atoms with Crippen LogP contribution >= 0.6 is 15.9 Å². The van der Waals surface area contributed by atoms with Gasteiger partial charge in [-0.05, 0) is 37.0 Å². The Hall–Kier alpha value is -0.540. The minimum Gasteiger partial charge on any atom is -0.398 e.